The highest BCUT2D eigenvalue weighted by Crippen LogP contribution is 2.29. The lowest BCUT2D eigenvalue weighted by Gasteiger charge is -2.44. The summed E-state index contributed by atoms with van der Waals surface area (Å²) in [6.45, 7) is 4.46. The Morgan fingerprint density at radius 3 is 2.80 bits per heavy atom. The number of benzene rings is 1. The molecule has 3 saturated heterocycles. The van der Waals surface area contributed by atoms with Gasteiger partial charge in [-0.1, -0.05) is 23.7 Å². The van der Waals surface area contributed by atoms with Gasteiger partial charge in [-0.3, -0.25) is 9.69 Å². The summed E-state index contributed by atoms with van der Waals surface area (Å²) in [6.07, 6.45) is 1.38. The second-order valence-electron chi connectivity index (χ2n) is 8.39. The highest BCUT2D eigenvalue weighted by Gasteiger charge is 2.38. The lowest BCUT2D eigenvalue weighted by atomic mass is 9.94. The Labute approximate surface area is 182 Å². The summed E-state index contributed by atoms with van der Waals surface area (Å²) in [7, 11) is 0. The SMILES string of the molecule is O=C(C[C@H]1CC[C@@H]2[C@H](COC[C@@H](O)CN2Cc2cccc(Cl)c2)O1)N1CCOCC1. The van der Waals surface area contributed by atoms with E-state index >= 15 is 0 Å². The highest BCUT2D eigenvalue weighted by molar-refractivity contribution is 6.30. The minimum Gasteiger partial charge on any atom is -0.389 e. The quantitative estimate of drug-likeness (QED) is 0.771. The number of fused-ring (bicyclic) bond motifs is 1. The Bertz CT molecular complexity index is 715. The molecule has 1 amide bonds. The molecule has 0 aromatic heterocycles. The molecule has 30 heavy (non-hydrogen) atoms. The van der Waals surface area contributed by atoms with Crippen LogP contribution in [0.1, 0.15) is 24.8 Å². The summed E-state index contributed by atoms with van der Waals surface area (Å²) in [4.78, 5) is 16.8. The Morgan fingerprint density at radius 1 is 1.17 bits per heavy atom. The first-order valence-electron chi connectivity index (χ1n) is 10.8. The molecule has 4 rings (SSSR count). The number of aliphatic hydroxyl groups is 1. The first-order chi connectivity index (χ1) is 14.6. The van der Waals surface area contributed by atoms with Gasteiger partial charge in [0.05, 0.1) is 51.2 Å². The fourth-order valence-corrected chi connectivity index (χ4v) is 4.85. The molecule has 7 nitrogen and oxygen atoms in total. The Balaban J connectivity index is 1.40. The topological polar surface area (TPSA) is 71.5 Å². The average Bonchev–Trinajstić information content (AvgIpc) is 2.73. The van der Waals surface area contributed by atoms with Crippen molar-refractivity contribution >= 4 is 17.5 Å². The summed E-state index contributed by atoms with van der Waals surface area (Å²) < 4.78 is 17.4. The molecular weight excluding hydrogens is 408 g/mol. The number of amides is 1. The van der Waals surface area contributed by atoms with Gasteiger partial charge in [-0.05, 0) is 30.5 Å². The molecule has 8 heteroatoms. The van der Waals surface area contributed by atoms with E-state index in [2.05, 4.69) is 11.0 Å². The number of carbonyl (C=O) groups excluding carboxylic acids is 1. The molecule has 3 aliphatic heterocycles. The molecule has 4 atom stereocenters. The van der Waals surface area contributed by atoms with E-state index in [0.29, 0.717) is 57.4 Å². The number of aliphatic hydroxyl groups excluding tert-OH is 1. The van der Waals surface area contributed by atoms with Gasteiger partial charge >= 0.3 is 0 Å². The van der Waals surface area contributed by atoms with Crippen LogP contribution in [0.2, 0.25) is 5.02 Å². The van der Waals surface area contributed by atoms with Crippen LogP contribution in [0.15, 0.2) is 24.3 Å². The maximum absolute atomic E-state index is 12.6. The van der Waals surface area contributed by atoms with Gasteiger partial charge in [0.25, 0.3) is 0 Å². The largest absolute Gasteiger partial charge is 0.389 e. The van der Waals surface area contributed by atoms with Crippen LogP contribution < -0.4 is 0 Å². The molecular formula is C22H31ClN2O5. The number of ether oxygens (including phenoxy) is 3. The Kier molecular flexibility index (Phi) is 7.62. The van der Waals surface area contributed by atoms with Crippen LogP contribution in [0, 0.1) is 0 Å². The number of nitrogens with zero attached hydrogens (tertiary/aromatic N) is 2. The van der Waals surface area contributed by atoms with Crippen molar-refractivity contribution in [1.82, 2.24) is 9.80 Å². The average molecular weight is 439 g/mol. The van der Waals surface area contributed by atoms with E-state index in [9.17, 15) is 9.90 Å². The third-order valence-corrected chi connectivity index (χ3v) is 6.36. The van der Waals surface area contributed by atoms with Gasteiger partial charge in [0.15, 0.2) is 0 Å². The summed E-state index contributed by atoms with van der Waals surface area (Å²) >= 11 is 6.16. The minimum atomic E-state index is -0.536. The van der Waals surface area contributed by atoms with E-state index in [0.717, 1.165) is 18.4 Å². The van der Waals surface area contributed by atoms with E-state index in [1.54, 1.807) is 0 Å². The van der Waals surface area contributed by atoms with Gasteiger partial charge in [0, 0.05) is 37.2 Å². The molecule has 3 aliphatic rings. The molecule has 0 saturated carbocycles. The smallest absolute Gasteiger partial charge is 0.225 e. The third kappa shape index (κ3) is 5.72. The molecule has 1 N–H and O–H groups in total. The van der Waals surface area contributed by atoms with E-state index in [1.165, 1.54) is 0 Å². The summed E-state index contributed by atoms with van der Waals surface area (Å²) in [5.74, 6) is 0.139. The molecule has 166 valence electrons. The van der Waals surface area contributed by atoms with Crippen molar-refractivity contribution in [3.05, 3.63) is 34.9 Å². The molecule has 0 spiro atoms. The van der Waals surface area contributed by atoms with Gasteiger partial charge in [-0.15, -0.1) is 0 Å². The summed E-state index contributed by atoms with van der Waals surface area (Å²) in [5.41, 5.74) is 1.11. The van der Waals surface area contributed by atoms with Crippen molar-refractivity contribution in [3.8, 4) is 0 Å². The highest BCUT2D eigenvalue weighted by atomic mass is 35.5. The number of β-amino-alcohol motifs (C(OH)–C–C–N with tert-alkyl or cyclic N) is 1. The number of carbonyl (C=O) groups is 1. The fourth-order valence-electron chi connectivity index (χ4n) is 4.63. The van der Waals surface area contributed by atoms with Gasteiger partial charge in [-0.25, -0.2) is 0 Å². The second-order valence-corrected chi connectivity index (χ2v) is 8.83. The van der Waals surface area contributed by atoms with E-state index < -0.39 is 6.10 Å². The van der Waals surface area contributed by atoms with Crippen LogP contribution in [-0.4, -0.2) is 91.2 Å². The predicted octanol–water partition coefficient (Wildman–Crippen LogP) is 1.70. The van der Waals surface area contributed by atoms with Crippen LogP contribution in [0.25, 0.3) is 0 Å². The molecule has 1 aromatic rings. The fraction of sp³-hybridized carbons (Fsp3) is 0.682. The zero-order chi connectivity index (χ0) is 20.9. The van der Waals surface area contributed by atoms with Crippen LogP contribution >= 0.6 is 11.6 Å². The number of hydrogen-bond acceptors (Lipinski definition) is 6. The van der Waals surface area contributed by atoms with Crippen LogP contribution in [0.4, 0.5) is 0 Å². The maximum Gasteiger partial charge on any atom is 0.225 e. The number of halogens is 1. The molecule has 3 fully saturated rings. The lowest BCUT2D eigenvalue weighted by molar-refractivity contribution is -0.162. The van der Waals surface area contributed by atoms with Gasteiger partial charge < -0.3 is 24.2 Å². The van der Waals surface area contributed by atoms with Crippen LogP contribution in [0.3, 0.4) is 0 Å². The zero-order valence-corrected chi connectivity index (χ0v) is 18.0. The van der Waals surface area contributed by atoms with Crippen molar-refractivity contribution in [1.29, 1.82) is 0 Å². The molecule has 0 radical (unpaired) electrons. The van der Waals surface area contributed by atoms with Gasteiger partial charge in [-0.2, -0.15) is 0 Å². The molecule has 1 aromatic carbocycles. The monoisotopic (exact) mass is 438 g/mol. The summed E-state index contributed by atoms with van der Waals surface area (Å²) in [5, 5.41) is 11.0. The van der Waals surface area contributed by atoms with Crippen molar-refractivity contribution in [2.45, 2.75) is 50.2 Å². The molecule has 3 heterocycles. The first-order valence-corrected chi connectivity index (χ1v) is 11.2. The molecule has 0 bridgehead atoms. The van der Waals surface area contributed by atoms with Crippen LogP contribution in [0.5, 0.6) is 0 Å². The maximum atomic E-state index is 12.6. The standard InChI is InChI=1S/C22H31ClN2O5/c23-17-3-1-2-16(10-17)12-25-13-18(26)14-29-15-21-20(25)5-4-19(30-21)11-22(27)24-6-8-28-9-7-24/h1-3,10,18-21,26H,4-9,11-15H2/t18-,19+,20+,21-/m0/s1. The molecule has 0 aliphatic carbocycles. The van der Waals surface area contributed by atoms with E-state index in [1.807, 2.05) is 23.1 Å². The predicted molar refractivity (Wildman–Crippen MR) is 112 cm³/mol. The van der Waals surface area contributed by atoms with E-state index in [4.69, 9.17) is 25.8 Å². The number of morpholine rings is 1. The minimum absolute atomic E-state index is 0.0948. The third-order valence-electron chi connectivity index (χ3n) is 6.13. The number of rotatable bonds is 4. The zero-order valence-electron chi connectivity index (χ0n) is 17.2. The van der Waals surface area contributed by atoms with Gasteiger partial charge in [0.2, 0.25) is 5.91 Å². The van der Waals surface area contributed by atoms with Gasteiger partial charge in [0.1, 0.15) is 0 Å². The second kappa shape index (κ2) is 10.4. The van der Waals surface area contributed by atoms with Crippen molar-refractivity contribution in [2.75, 3.05) is 46.1 Å². The Morgan fingerprint density at radius 2 is 2.00 bits per heavy atom. The van der Waals surface area contributed by atoms with Crippen molar-refractivity contribution in [3.63, 3.8) is 0 Å². The first kappa shape index (κ1) is 22.0. The van der Waals surface area contributed by atoms with Crippen LogP contribution in [-0.2, 0) is 25.5 Å². The Hall–Kier alpha value is -1.22. The summed E-state index contributed by atoms with van der Waals surface area (Å²) in [6, 6.07) is 7.96. The normalized spacial score (nSPS) is 30.9. The number of hydrogen-bond donors (Lipinski definition) is 1. The van der Waals surface area contributed by atoms with E-state index in [-0.39, 0.29) is 30.8 Å². The molecule has 0 unspecified atom stereocenters. The lowest BCUT2D eigenvalue weighted by Crippen LogP contribution is -2.55. The van der Waals surface area contributed by atoms with Crippen molar-refractivity contribution < 1.29 is 24.1 Å². The van der Waals surface area contributed by atoms with Crippen molar-refractivity contribution in [2.24, 2.45) is 0 Å².